The minimum absolute atomic E-state index is 0.0285. The fourth-order valence-corrected chi connectivity index (χ4v) is 1.48. The van der Waals surface area contributed by atoms with E-state index in [1.54, 1.807) is 18.5 Å². The van der Waals surface area contributed by atoms with Gasteiger partial charge in [-0.3, -0.25) is 4.79 Å². The van der Waals surface area contributed by atoms with Crippen molar-refractivity contribution in [2.75, 3.05) is 32.8 Å². The van der Waals surface area contributed by atoms with E-state index in [-0.39, 0.29) is 12.4 Å². The quantitative estimate of drug-likeness (QED) is 0.538. The Morgan fingerprint density at radius 1 is 1.44 bits per heavy atom. The van der Waals surface area contributed by atoms with E-state index in [1.807, 2.05) is 0 Å². The molecule has 1 rings (SSSR count). The molecular formula is C12H20N2O2. The Labute approximate surface area is 96.6 Å². The standard InChI is InChI=1S/C12H20N2O2/c1-3-14(4-2)7-8-16-10-12(15)11-5-6-13-9-11/h5-6,9,13H,3-4,7-8,10H2,1-2H3. The van der Waals surface area contributed by atoms with Crippen LogP contribution in [0.2, 0.25) is 0 Å². The summed E-state index contributed by atoms with van der Waals surface area (Å²) < 4.78 is 5.35. The molecule has 0 spiro atoms. The average molecular weight is 224 g/mol. The smallest absolute Gasteiger partial charge is 0.189 e. The first-order chi connectivity index (χ1) is 7.77. The van der Waals surface area contributed by atoms with Gasteiger partial charge in [0.2, 0.25) is 0 Å². The highest BCUT2D eigenvalue weighted by Crippen LogP contribution is 1.98. The third-order valence-electron chi connectivity index (χ3n) is 2.60. The van der Waals surface area contributed by atoms with Crippen LogP contribution < -0.4 is 0 Å². The van der Waals surface area contributed by atoms with E-state index in [2.05, 4.69) is 23.7 Å². The van der Waals surface area contributed by atoms with Crippen LogP contribution in [0.25, 0.3) is 0 Å². The summed E-state index contributed by atoms with van der Waals surface area (Å²) in [4.78, 5) is 16.6. The van der Waals surface area contributed by atoms with Crippen LogP contribution in [0.1, 0.15) is 24.2 Å². The van der Waals surface area contributed by atoms with Gasteiger partial charge in [0, 0.05) is 24.5 Å². The van der Waals surface area contributed by atoms with Gasteiger partial charge in [0.25, 0.3) is 0 Å². The number of aromatic nitrogens is 1. The highest BCUT2D eigenvalue weighted by molar-refractivity contribution is 5.96. The molecule has 0 unspecified atom stereocenters. The molecule has 0 aromatic carbocycles. The number of H-pyrrole nitrogens is 1. The van der Waals surface area contributed by atoms with E-state index >= 15 is 0 Å². The van der Waals surface area contributed by atoms with E-state index in [0.717, 1.165) is 19.6 Å². The number of carbonyl (C=O) groups excluding carboxylic acids is 1. The van der Waals surface area contributed by atoms with Crippen molar-refractivity contribution >= 4 is 5.78 Å². The number of likely N-dealkylation sites (N-methyl/N-ethyl adjacent to an activating group) is 1. The zero-order chi connectivity index (χ0) is 11.8. The molecule has 1 N–H and O–H groups in total. The summed E-state index contributed by atoms with van der Waals surface area (Å²) in [5.41, 5.74) is 0.683. The van der Waals surface area contributed by atoms with E-state index in [4.69, 9.17) is 4.74 Å². The molecule has 0 fully saturated rings. The van der Waals surface area contributed by atoms with Crippen LogP contribution in [0.3, 0.4) is 0 Å². The van der Waals surface area contributed by atoms with Crippen molar-refractivity contribution in [3.8, 4) is 0 Å². The van der Waals surface area contributed by atoms with Crippen molar-refractivity contribution in [2.24, 2.45) is 0 Å². The van der Waals surface area contributed by atoms with Gasteiger partial charge < -0.3 is 14.6 Å². The molecule has 0 aliphatic carbocycles. The highest BCUT2D eigenvalue weighted by Gasteiger charge is 2.06. The van der Waals surface area contributed by atoms with Gasteiger partial charge >= 0.3 is 0 Å². The molecule has 4 heteroatoms. The lowest BCUT2D eigenvalue weighted by Gasteiger charge is -2.17. The molecule has 1 aromatic rings. The molecule has 90 valence electrons. The first-order valence-corrected chi connectivity index (χ1v) is 5.74. The Morgan fingerprint density at radius 2 is 2.19 bits per heavy atom. The van der Waals surface area contributed by atoms with E-state index in [9.17, 15) is 4.79 Å². The number of ether oxygens (including phenoxy) is 1. The van der Waals surface area contributed by atoms with Crippen LogP contribution in [-0.2, 0) is 4.74 Å². The van der Waals surface area contributed by atoms with Crippen molar-refractivity contribution in [1.82, 2.24) is 9.88 Å². The summed E-state index contributed by atoms with van der Waals surface area (Å²) in [6.45, 7) is 7.94. The predicted octanol–water partition coefficient (Wildman–Crippen LogP) is 1.56. The number of Topliss-reactive ketones (excluding diaryl/α,β-unsaturated/α-hetero) is 1. The SMILES string of the molecule is CCN(CC)CCOCC(=O)c1cc[nH]c1. The molecule has 0 amide bonds. The van der Waals surface area contributed by atoms with Gasteiger partial charge in [-0.1, -0.05) is 13.8 Å². The van der Waals surface area contributed by atoms with Crippen molar-refractivity contribution < 1.29 is 9.53 Å². The lowest BCUT2D eigenvalue weighted by molar-refractivity contribution is 0.0708. The lowest BCUT2D eigenvalue weighted by Crippen LogP contribution is -2.27. The minimum Gasteiger partial charge on any atom is -0.372 e. The van der Waals surface area contributed by atoms with Crippen LogP contribution in [0.5, 0.6) is 0 Å². The molecule has 1 aromatic heterocycles. The molecule has 4 nitrogen and oxygen atoms in total. The van der Waals surface area contributed by atoms with Gasteiger partial charge in [0.15, 0.2) is 5.78 Å². The van der Waals surface area contributed by atoms with E-state index < -0.39 is 0 Å². The molecule has 16 heavy (non-hydrogen) atoms. The Hall–Kier alpha value is -1.13. The summed E-state index contributed by atoms with van der Waals surface area (Å²) >= 11 is 0. The zero-order valence-corrected chi connectivity index (χ0v) is 10.0. The van der Waals surface area contributed by atoms with Crippen LogP contribution in [0.15, 0.2) is 18.5 Å². The van der Waals surface area contributed by atoms with Crippen LogP contribution in [0.4, 0.5) is 0 Å². The Bertz CT molecular complexity index is 292. The van der Waals surface area contributed by atoms with Gasteiger partial charge in [0.1, 0.15) is 6.61 Å². The number of rotatable bonds is 8. The topological polar surface area (TPSA) is 45.3 Å². The largest absolute Gasteiger partial charge is 0.372 e. The number of aromatic amines is 1. The first-order valence-electron chi connectivity index (χ1n) is 5.74. The normalized spacial score (nSPS) is 10.9. The summed E-state index contributed by atoms with van der Waals surface area (Å²) in [7, 11) is 0. The summed E-state index contributed by atoms with van der Waals surface area (Å²) in [6, 6.07) is 1.76. The second kappa shape index (κ2) is 7.19. The van der Waals surface area contributed by atoms with Crippen molar-refractivity contribution in [2.45, 2.75) is 13.8 Å². The summed E-state index contributed by atoms with van der Waals surface area (Å²) in [6.07, 6.45) is 3.43. The number of hydrogen-bond donors (Lipinski definition) is 1. The number of carbonyl (C=O) groups is 1. The lowest BCUT2D eigenvalue weighted by atomic mass is 10.2. The molecule has 0 atom stereocenters. The van der Waals surface area contributed by atoms with Crippen LogP contribution in [0, 0.1) is 0 Å². The zero-order valence-electron chi connectivity index (χ0n) is 10.0. The molecule has 0 saturated heterocycles. The van der Waals surface area contributed by atoms with Crippen molar-refractivity contribution in [1.29, 1.82) is 0 Å². The second-order valence-corrected chi connectivity index (χ2v) is 3.60. The maximum atomic E-state index is 11.5. The van der Waals surface area contributed by atoms with Crippen LogP contribution >= 0.6 is 0 Å². The molecular weight excluding hydrogens is 204 g/mol. The molecule has 1 heterocycles. The fraction of sp³-hybridized carbons (Fsp3) is 0.583. The van der Waals surface area contributed by atoms with E-state index in [0.29, 0.717) is 12.2 Å². The Kier molecular flexibility index (Phi) is 5.82. The molecule has 0 aliphatic heterocycles. The summed E-state index contributed by atoms with van der Waals surface area (Å²) in [5, 5.41) is 0. The highest BCUT2D eigenvalue weighted by atomic mass is 16.5. The molecule has 0 aliphatic rings. The maximum absolute atomic E-state index is 11.5. The Balaban J connectivity index is 2.14. The van der Waals surface area contributed by atoms with Gasteiger partial charge in [-0.25, -0.2) is 0 Å². The third-order valence-corrected chi connectivity index (χ3v) is 2.60. The number of ketones is 1. The van der Waals surface area contributed by atoms with Gasteiger partial charge in [0.05, 0.1) is 6.61 Å². The maximum Gasteiger partial charge on any atom is 0.189 e. The van der Waals surface area contributed by atoms with Gasteiger partial charge in [-0.05, 0) is 19.2 Å². The molecule has 0 radical (unpaired) electrons. The number of nitrogens with one attached hydrogen (secondary N) is 1. The number of hydrogen-bond acceptors (Lipinski definition) is 3. The molecule has 0 bridgehead atoms. The van der Waals surface area contributed by atoms with Crippen molar-refractivity contribution in [3.63, 3.8) is 0 Å². The fourth-order valence-electron chi connectivity index (χ4n) is 1.48. The van der Waals surface area contributed by atoms with Gasteiger partial charge in [-0.15, -0.1) is 0 Å². The first kappa shape index (κ1) is 12.9. The summed E-state index contributed by atoms with van der Waals surface area (Å²) in [5.74, 6) is 0.0285. The van der Waals surface area contributed by atoms with Crippen molar-refractivity contribution in [3.05, 3.63) is 24.0 Å². The average Bonchev–Trinajstić information content (AvgIpc) is 2.82. The third kappa shape index (κ3) is 4.16. The number of nitrogens with zero attached hydrogens (tertiary/aromatic N) is 1. The van der Waals surface area contributed by atoms with Crippen LogP contribution in [-0.4, -0.2) is 48.5 Å². The predicted molar refractivity (Wildman–Crippen MR) is 63.7 cm³/mol. The minimum atomic E-state index is 0.0285. The Morgan fingerprint density at radius 3 is 2.75 bits per heavy atom. The monoisotopic (exact) mass is 224 g/mol. The second-order valence-electron chi connectivity index (χ2n) is 3.60. The van der Waals surface area contributed by atoms with E-state index in [1.165, 1.54) is 0 Å². The van der Waals surface area contributed by atoms with Gasteiger partial charge in [-0.2, -0.15) is 0 Å². The molecule has 0 saturated carbocycles.